The molecule has 1 aliphatic rings. The Morgan fingerprint density at radius 1 is 1.42 bits per heavy atom. The van der Waals surface area contributed by atoms with Crippen LogP contribution < -0.4 is 16.2 Å². The molecule has 3 N–H and O–H groups in total. The minimum atomic E-state index is -0.385. The van der Waals surface area contributed by atoms with E-state index in [1.54, 1.807) is 6.20 Å². The molecule has 3 rings (SSSR count). The fourth-order valence-electron chi connectivity index (χ4n) is 2.41. The van der Waals surface area contributed by atoms with Crippen LogP contribution in [-0.2, 0) is 0 Å². The number of hydrogen-bond donors (Lipinski definition) is 2. The van der Waals surface area contributed by atoms with Gasteiger partial charge in [-0.1, -0.05) is 6.42 Å². The number of carbonyl (C=O) groups is 1. The van der Waals surface area contributed by atoms with Gasteiger partial charge in [0.15, 0.2) is 0 Å². The second kappa shape index (κ2) is 5.14. The summed E-state index contributed by atoms with van der Waals surface area (Å²) in [6.45, 7) is 1.82. The Kier molecular flexibility index (Phi) is 3.35. The molecule has 0 radical (unpaired) electrons. The van der Waals surface area contributed by atoms with Crippen LogP contribution in [0.15, 0.2) is 18.3 Å². The first kappa shape index (κ1) is 12.4. The quantitative estimate of drug-likeness (QED) is 0.878. The van der Waals surface area contributed by atoms with Crippen LogP contribution >= 0.6 is 11.3 Å². The standard InChI is InChI=1S/C13H16N4OS/c14-12(18)11-10(17-8-3-1-2-7-16-17)9-5-4-6-15-13(9)19-11/h4-6,16H,1-3,7-8H2,(H2,14,18). The number of nitrogens with one attached hydrogen (secondary N) is 1. The van der Waals surface area contributed by atoms with Gasteiger partial charge in [0.05, 0.1) is 5.69 Å². The summed E-state index contributed by atoms with van der Waals surface area (Å²) in [5.74, 6) is -0.385. The predicted molar refractivity (Wildman–Crippen MR) is 77.3 cm³/mol. The molecule has 2 aromatic heterocycles. The Bertz CT molecular complexity index is 602. The van der Waals surface area contributed by atoms with E-state index in [2.05, 4.69) is 15.4 Å². The lowest BCUT2D eigenvalue weighted by Gasteiger charge is -2.23. The number of hydrazine groups is 1. The molecule has 0 unspecified atom stereocenters. The van der Waals surface area contributed by atoms with E-state index in [-0.39, 0.29) is 5.91 Å². The van der Waals surface area contributed by atoms with Crippen molar-refractivity contribution >= 4 is 33.1 Å². The monoisotopic (exact) mass is 276 g/mol. The van der Waals surface area contributed by atoms with Crippen molar-refractivity contribution in [2.75, 3.05) is 18.1 Å². The summed E-state index contributed by atoms with van der Waals surface area (Å²) in [4.78, 5) is 17.4. The van der Waals surface area contributed by atoms with Crippen LogP contribution in [0.2, 0.25) is 0 Å². The Balaban J connectivity index is 2.13. The lowest BCUT2D eigenvalue weighted by Crippen LogP contribution is -2.38. The average Bonchev–Trinajstić information content (AvgIpc) is 2.60. The summed E-state index contributed by atoms with van der Waals surface area (Å²) in [5.41, 5.74) is 9.78. The molecule has 1 fully saturated rings. The Morgan fingerprint density at radius 2 is 2.32 bits per heavy atom. The van der Waals surface area contributed by atoms with E-state index >= 15 is 0 Å². The largest absolute Gasteiger partial charge is 0.365 e. The SMILES string of the molecule is NC(=O)c1sc2ncccc2c1N1CCCCCN1. The van der Waals surface area contributed by atoms with E-state index in [1.165, 1.54) is 17.8 Å². The number of pyridine rings is 1. The maximum Gasteiger partial charge on any atom is 0.261 e. The third kappa shape index (κ3) is 2.29. The van der Waals surface area contributed by atoms with E-state index in [9.17, 15) is 4.79 Å². The van der Waals surface area contributed by atoms with Crippen molar-refractivity contribution in [3.63, 3.8) is 0 Å². The maximum absolute atomic E-state index is 11.7. The van der Waals surface area contributed by atoms with Gasteiger partial charge in [0.25, 0.3) is 5.91 Å². The van der Waals surface area contributed by atoms with Crippen molar-refractivity contribution in [3.8, 4) is 0 Å². The summed E-state index contributed by atoms with van der Waals surface area (Å²) >= 11 is 1.37. The molecule has 0 aromatic carbocycles. The number of anilines is 1. The number of nitrogens with two attached hydrogens (primary N) is 1. The van der Waals surface area contributed by atoms with Crippen LogP contribution in [0.1, 0.15) is 28.9 Å². The van der Waals surface area contributed by atoms with Crippen molar-refractivity contribution < 1.29 is 4.79 Å². The first-order valence-electron chi connectivity index (χ1n) is 6.46. The molecule has 0 atom stereocenters. The van der Waals surface area contributed by atoms with Crippen LogP contribution in [0.3, 0.4) is 0 Å². The van der Waals surface area contributed by atoms with Crippen LogP contribution in [0.5, 0.6) is 0 Å². The maximum atomic E-state index is 11.7. The Morgan fingerprint density at radius 3 is 3.16 bits per heavy atom. The molecule has 2 aromatic rings. The normalized spacial score (nSPS) is 16.5. The van der Waals surface area contributed by atoms with Gasteiger partial charge in [-0.2, -0.15) is 0 Å². The second-order valence-corrected chi connectivity index (χ2v) is 5.62. The van der Waals surface area contributed by atoms with Gasteiger partial charge in [0.2, 0.25) is 0 Å². The Hall–Kier alpha value is -1.66. The van der Waals surface area contributed by atoms with Gasteiger partial charge >= 0.3 is 0 Å². The van der Waals surface area contributed by atoms with E-state index in [0.717, 1.165) is 41.8 Å². The molecule has 0 spiro atoms. The zero-order chi connectivity index (χ0) is 13.2. The highest BCUT2D eigenvalue weighted by Gasteiger charge is 2.22. The zero-order valence-electron chi connectivity index (χ0n) is 10.6. The predicted octanol–water partition coefficient (Wildman–Crippen LogP) is 1.89. The first-order valence-corrected chi connectivity index (χ1v) is 7.27. The number of thiophene rings is 1. The van der Waals surface area contributed by atoms with Crippen LogP contribution in [-0.4, -0.2) is 24.0 Å². The van der Waals surface area contributed by atoms with E-state index in [4.69, 9.17) is 5.73 Å². The molecular weight excluding hydrogens is 260 g/mol. The minimum absolute atomic E-state index is 0.385. The smallest absolute Gasteiger partial charge is 0.261 e. The fraction of sp³-hybridized carbons (Fsp3) is 0.385. The first-order chi connectivity index (χ1) is 9.27. The van der Waals surface area contributed by atoms with Crippen molar-refractivity contribution in [2.24, 2.45) is 5.73 Å². The van der Waals surface area contributed by atoms with Gasteiger partial charge in [-0.05, 0) is 25.0 Å². The number of hydrogen-bond acceptors (Lipinski definition) is 5. The van der Waals surface area contributed by atoms with Gasteiger partial charge in [-0.15, -0.1) is 11.3 Å². The van der Waals surface area contributed by atoms with Crippen molar-refractivity contribution in [1.29, 1.82) is 0 Å². The molecule has 1 amide bonds. The minimum Gasteiger partial charge on any atom is -0.365 e. The second-order valence-electron chi connectivity index (χ2n) is 4.62. The number of rotatable bonds is 2. The molecule has 6 heteroatoms. The van der Waals surface area contributed by atoms with Gasteiger partial charge in [-0.3, -0.25) is 4.79 Å². The molecule has 5 nitrogen and oxygen atoms in total. The van der Waals surface area contributed by atoms with Crippen LogP contribution in [0.4, 0.5) is 5.69 Å². The molecular formula is C13H16N4OS. The Labute approximate surface area is 115 Å². The third-order valence-electron chi connectivity index (χ3n) is 3.29. The number of aromatic nitrogens is 1. The molecule has 0 aliphatic carbocycles. The molecule has 0 saturated carbocycles. The molecule has 19 heavy (non-hydrogen) atoms. The highest BCUT2D eigenvalue weighted by Crippen LogP contribution is 2.36. The van der Waals surface area contributed by atoms with E-state index in [0.29, 0.717) is 4.88 Å². The number of amides is 1. The van der Waals surface area contributed by atoms with Gasteiger partial charge in [0.1, 0.15) is 9.71 Å². The van der Waals surface area contributed by atoms with Crippen molar-refractivity contribution in [1.82, 2.24) is 10.4 Å². The highest BCUT2D eigenvalue weighted by atomic mass is 32.1. The fourth-order valence-corrected chi connectivity index (χ4v) is 3.41. The van der Waals surface area contributed by atoms with Crippen molar-refractivity contribution in [2.45, 2.75) is 19.3 Å². The van der Waals surface area contributed by atoms with E-state index < -0.39 is 0 Å². The summed E-state index contributed by atoms with van der Waals surface area (Å²) < 4.78 is 0. The molecule has 0 bridgehead atoms. The van der Waals surface area contributed by atoms with Gasteiger partial charge in [-0.25, -0.2) is 10.4 Å². The van der Waals surface area contributed by atoms with Gasteiger partial charge < -0.3 is 10.7 Å². The topological polar surface area (TPSA) is 71.2 Å². The van der Waals surface area contributed by atoms with E-state index in [1.807, 2.05) is 12.1 Å². The van der Waals surface area contributed by atoms with Crippen LogP contribution in [0, 0.1) is 0 Å². The summed E-state index contributed by atoms with van der Waals surface area (Å²) in [5, 5.41) is 3.06. The lowest BCUT2D eigenvalue weighted by atomic mass is 10.2. The van der Waals surface area contributed by atoms with Crippen molar-refractivity contribution in [3.05, 3.63) is 23.2 Å². The summed E-state index contributed by atoms with van der Waals surface area (Å²) in [7, 11) is 0. The zero-order valence-corrected chi connectivity index (χ0v) is 11.4. The van der Waals surface area contributed by atoms with Gasteiger partial charge in [0, 0.05) is 24.7 Å². The molecule has 3 heterocycles. The number of fused-ring (bicyclic) bond motifs is 1. The summed E-state index contributed by atoms with van der Waals surface area (Å²) in [6.07, 6.45) is 5.21. The summed E-state index contributed by atoms with van der Waals surface area (Å²) in [6, 6.07) is 3.88. The molecule has 100 valence electrons. The van der Waals surface area contributed by atoms with Crippen LogP contribution in [0.25, 0.3) is 10.2 Å². The molecule has 1 aliphatic heterocycles. The number of primary amides is 1. The third-order valence-corrected chi connectivity index (χ3v) is 4.41. The number of nitrogens with zero attached hydrogens (tertiary/aromatic N) is 2. The molecule has 1 saturated heterocycles. The lowest BCUT2D eigenvalue weighted by molar-refractivity contribution is 0.100. The number of carbonyl (C=O) groups excluding carboxylic acids is 1. The average molecular weight is 276 g/mol. The highest BCUT2D eigenvalue weighted by molar-refractivity contribution is 7.21.